The zero-order chi connectivity index (χ0) is 16.8. The number of anilines is 1. The van der Waals surface area contributed by atoms with Crippen LogP contribution < -0.4 is 4.90 Å². The highest BCUT2D eigenvalue weighted by molar-refractivity contribution is 9.10. The Balaban J connectivity index is 1.94. The lowest BCUT2D eigenvalue weighted by atomic mass is 10.0. The standard InChI is InChI=1S/C19H16BrFN2O/c1-11-6-17(20)16-8-15(12-2-4-13(21)5-3-12)19(22-18(16)7-11)23-9-14(24)10-23/h2-8,14,24H,9-10H2,1H3. The van der Waals surface area contributed by atoms with Gasteiger partial charge in [-0.15, -0.1) is 0 Å². The lowest BCUT2D eigenvalue weighted by molar-refractivity contribution is 0.141. The monoisotopic (exact) mass is 386 g/mol. The highest BCUT2D eigenvalue weighted by atomic mass is 79.9. The van der Waals surface area contributed by atoms with E-state index in [1.165, 1.54) is 12.1 Å². The minimum absolute atomic E-state index is 0.259. The van der Waals surface area contributed by atoms with Crippen molar-refractivity contribution in [2.75, 3.05) is 18.0 Å². The summed E-state index contributed by atoms with van der Waals surface area (Å²) in [5.41, 5.74) is 3.89. The number of β-amino-alcohol motifs (C(OH)–C–C–N with tert-alkyl or cyclic N) is 1. The van der Waals surface area contributed by atoms with Crippen molar-refractivity contribution in [3.63, 3.8) is 0 Å². The van der Waals surface area contributed by atoms with Gasteiger partial charge >= 0.3 is 0 Å². The van der Waals surface area contributed by atoms with Crippen molar-refractivity contribution in [2.45, 2.75) is 13.0 Å². The van der Waals surface area contributed by atoms with Crippen LogP contribution in [0, 0.1) is 12.7 Å². The number of aryl methyl sites for hydroxylation is 1. The number of rotatable bonds is 2. The summed E-state index contributed by atoms with van der Waals surface area (Å²) in [5, 5.41) is 10.7. The van der Waals surface area contributed by atoms with Gasteiger partial charge in [-0.25, -0.2) is 9.37 Å². The van der Waals surface area contributed by atoms with Gasteiger partial charge in [0.25, 0.3) is 0 Å². The van der Waals surface area contributed by atoms with Crippen molar-refractivity contribution in [3.05, 3.63) is 58.3 Å². The third kappa shape index (κ3) is 2.68. The van der Waals surface area contributed by atoms with Crippen molar-refractivity contribution < 1.29 is 9.50 Å². The number of aromatic nitrogens is 1. The van der Waals surface area contributed by atoms with E-state index in [0.717, 1.165) is 37.9 Å². The molecular formula is C19H16BrFN2O. The molecule has 1 aromatic heterocycles. The maximum atomic E-state index is 13.3. The van der Waals surface area contributed by atoms with Gasteiger partial charge in [-0.3, -0.25) is 0 Å². The molecule has 0 aliphatic carbocycles. The predicted octanol–water partition coefficient (Wildman–Crippen LogP) is 4.29. The van der Waals surface area contributed by atoms with E-state index in [9.17, 15) is 9.50 Å². The Hall–Kier alpha value is -1.98. The second-order valence-electron chi connectivity index (χ2n) is 6.24. The van der Waals surface area contributed by atoms with Crippen LogP contribution in [-0.2, 0) is 0 Å². The second-order valence-corrected chi connectivity index (χ2v) is 7.09. The molecule has 24 heavy (non-hydrogen) atoms. The third-order valence-corrected chi connectivity index (χ3v) is 4.98. The molecule has 3 nitrogen and oxygen atoms in total. The Kier molecular flexibility index (Phi) is 3.77. The molecule has 122 valence electrons. The van der Waals surface area contributed by atoms with Gasteiger partial charge in [-0.1, -0.05) is 28.1 Å². The molecule has 1 aliphatic heterocycles. The van der Waals surface area contributed by atoms with Crippen LogP contribution in [0.3, 0.4) is 0 Å². The van der Waals surface area contributed by atoms with E-state index >= 15 is 0 Å². The van der Waals surface area contributed by atoms with E-state index in [4.69, 9.17) is 4.98 Å². The average molecular weight is 387 g/mol. The summed E-state index contributed by atoms with van der Waals surface area (Å²) in [4.78, 5) is 6.90. The summed E-state index contributed by atoms with van der Waals surface area (Å²) in [6, 6.07) is 12.6. The van der Waals surface area contributed by atoms with Crippen molar-refractivity contribution >= 4 is 32.7 Å². The summed E-state index contributed by atoms with van der Waals surface area (Å²) >= 11 is 3.61. The van der Waals surface area contributed by atoms with Crippen LogP contribution in [0.25, 0.3) is 22.0 Å². The molecule has 0 unspecified atom stereocenters. The quantitative estimate of drug-likeness (QED) is 0.713. The smallest absolute Gasteiger partial charge is 0.137 e. The topological polar surface area (TPSA) is 36.4 Å². The van der Waals surface area contributed by atoms with Crippen LogP contribution >= 0.6 is 15.9 Å². The summed E-state index contributed by atoms with van der Waals surface area (Å²) in [6.45, 7) is 3.17. The molecule has 0 bridgehead atoms. The average Bonchev–Trinajstić information content (AvgIpc) is 2.51. The molecule has 1 aliphatic rings. The van der Waals surface area contributed by atoms with Gasteiger partial charge in [0.2, 0.25) is 0 Å². The van der Waals surface area contributed by atoms with Crippen LogP contribution in [0.1, 0.15) is 5.56 Å². The van der Waals surface area contributed by atoms with Crippen LogP contribution in [0.15, 0.2) is 46.9 Å². The first-order valence-electron chi connectivity index (χ1n) is 7.81. The van der Waals surface area contributed by atoms with Gasteiger partial charge in [-0.2, -0.15) is 0 Å². The lowest BCUT2D eigenvalue weighted by Crippen LogP contribution is -2.51. The first kappa shape index (κ1) is 15.5. The molecule has 1 fully saturated rings. The van der Waals surface area contributed by atoms with Gasteiger partial charge in [0.1, 0.15) is 11.6 Å². The first-order chi connectivity index (χ1) is 11.5. The Morgan fingerprint density at radius 1 is 1.17 bits per heavy atom. The minimum Gasteiger partial charge on any atom is -0.389 e. The van der Waals surface area contributed by atoms with Gasteiger partial charge in [0.15, 0.2) is 0 Å². The molecule has 0 radical (unpaired) electrons. The maximum absolute atomic E-state index is 13.3. The Morgan fingerprint density at radius 3 is 2.54 bits per heavy atom. The van der Waals surface area contributed by atoms with E-state index in [1.807, 2.05) is 13.0 Å². The third-order valence-electron chi connectivity index (χ3n) is 4.33. The van der Waals surface area contributed by atoms with Crippen molar-refractivity contribution in [2.24, 2.45) is 0 Å². The first-order valence-corrected chi connectivity index (χ1v) is 8.60. The van der Waals surface area contributed by atoms with E-state index in [-0.39, 0.29) is 11.9 Å². The lowest BCUT2D eigenvalue weighted by Gasteiger charge is -2.38. The van der Waals surface area contributed by atoms with Crippen molar-refractivity contribution in [1.29, 1.82) is 0 Å². The van der Waals surface area contributed by atoms with Gasteiger partial charge in [0, 0.05) is 28.5 Å². The number of aliphatic hydroxyl groups excluding tert-OH is 1. The number of benzene rings is 2. The van der Waals surface area contributed by atoms with E-state index in [0.29, 0.717) is 13.1 Å². The van der Waals surface area contributed by atoms with Gasteiger partial charge in [-0.05, 0) is 48.4 Å². The maximum Gasteiger partial charge on any atom is 0.137 e. The summed E-state index contributed by atoms with van der Waals surface area (Å²) in [7, 11) is 0. The van der Waals surface area contributed by atoms with Crippen LogP contribution in [0.4, 0.5) is 10.2 Å². The SMILES string of the molecule is Cc1cc(Br)c2cc(-c3ccc(F)cc3)c(N3CC(O)C3)nc2c1. The summed E-state index contributed by atoms with van der Waals surface area (Å²) < 4.78 is 14.3. The Labute approximate surface area is 147 Å². The fraction of sp³-hybridized carbons (Fsp3) is 0.211. The number of aliphatic hydroxyl groups is 1. The zero-order valence-electron chi connectivity index (χ0n) is 13.1. The number of pyridine rings is 1. The Bertz CT molecular complexity index is 921. The number of hydrogen-bond donors (Lipinski definition) is 1. The molecule has 5 heteroatoms. The van der Waals surface area contributed by atoms with Crippen LogP contribution in [0.5, 0.6) is 0 Å². The predicted molar refractivity (Wildman–Crippen MR) is 97.8 cm³/mol. The summed E-state index contributed by atoms with van der Waals surface area (Å²) in [6.07, 6.45) is -0.312. The normalized spacial score (nSPS) is 14.9. The van der Waals surface area contributed by atoms with E-state index < -0.39 is 0 Å². The number of nitrogens with zero attached hydrogens (tertiary/aromatic N) is 2. The molecule has 0 atom stereocenters. The highest BCUT2D eigenvalue weighted by Crippen LogP contribution is 2.37. The molecule has 0 amide bonds. The molecule has 2 aromatic carbocycles. The second kappa shape index (κ2) is 5.83. The minimum atomic E-state index is -0.312. The number of fused-ring (bicyclic) bond motifs is 1. The largest absolute Gasteiger partial charge is 0.389 e. The Morgan fingerprint density at radius 2 is 1.88 bits per heavy atom. The molecule has 4 rings (SSSR count). The van der Waals surface area contributed by atoms with Gasteiger partial charge < -0.3 is 10.0 Å². The molecule has 0 spiro atoms. The molecule has 0 saturated carbocycles. The number of hydrogen-bond acceptors (Lipinski definition) is 3. The molecule has 1 saturated heterocycles. The molecular weight excluding hydrogens is 371 g/mol. The fourth-order valence-electron chi connectivity index (χ4n) is 3.06. The zero-order valence-corrected chi connectivity index (χ0v) is 14.7. The molecule has 2 heterocycles. The number of halogens is 2. The fourth-order valence-corrected chi connectivity index (χ4v) is 3.74. The van der Waals surface area contributed by atoms with Gasteiger partial charge in [0.05, 0.1) is 11.6 Å². The van der Waals surface area contributed by atoms with Crippen LogP contribution in [0.2, 0.25) is 0 Å². The van der Waals surface area contributed by atoms with E-state index in [1.54, 1.807) is 12.1 Å². The summed E-state index contributed by atoms with van der Waals surface area (Å²) in [5.74, 6) is 0.571. The van der Waals surface area contributed by atoms with Crippen molar-refractivity contribution in [1.82, 2.24) is 4.98 Å². The highest BCUT2D eigenvalue weighted by Gasteiger charge is 2.28. The molecule has 3 aromatic rings. The van der Waals surface area contributed by atoms with Crippen LogP contribution in [-0.4, -0.2) is 29.3 Å². The molecule has 1 N–H and O–H groups in total. The van der Waals surface area contributed by atoms with E-state index in [2.05, 4.69) is 33.0 Å². The van der Waals surface area contributed by atoms with Crippen molar-refractivity contribution in [3.8, 4) is 11.1 Å².